The molecular weight excluding hydrogens is 407 g/mol. The number of aryl methyl sites for hydroxylation is 1. The first-order chi connectivity index (χ1) is 13.7. The monoisotopic (exact) mass is 428 g/mol. The van der Waals surface area contributed by atoms with Crippen molar-refractivity contribution in [2.24, 2.45) is 15.5 Å². The number of aliphatic imine (C=N–C) groups is 1. The molecule has 1 fully saturated rings. The van der Waals surface area contributed by atoms with E-state index in [1.165, 1.54) is 18.2 Å². The maximum Gasteiger partial charge on any atom is 0.274 e. The molecule has 1 saturated carbocycles. The predicted molar refractivity (Wildman–Crippen MR) is 99.0 cm³/mol. The second kappa shape index (κ2) is 8.51. The lowest BCUT2D eigenvalue weighted by Crippen LogP contribution is -2.36. The number of rotatable bonds is 9. The minimum Gasteiger partial charge on any atom is -0.374 e. The molecule has 1 aromatic carbocycles. The Balaban J connectivity index is 1.65. The Bertz CT molecular complexity index is 1000. The normalized spacial score (nSPS) is 16.1. The second-order valence-corrected chi connectivity index (χ2v) is 8.30. The zero-order chi connectivity index (χ0) is 21.1. The summed E-state index contributed by atoms with van der Waals surface area (Å²) < 4.78 is 48.1. The molecule has 158 valence electrons. The number of nitrogens with two attached hydrogens (primary N) is 1. The van der Waals surface area contributed by atoms with E-state index in [0.29, 0.717) is 11.3 Å². The molecule has 0 atom stereocenters. The molecule has 29 heavy (non-hydrogen) atoms. The van der Waals surface area contributed by atoms with Gasteiger partial charge in [-0.1, -0.05) is 5.16 Å². The number of aromatic nitrogens is 2. The number of halogens is 1. The molecule has 0 radical (unpaired) electrons. The fourth-order valence-corrected chi connectivity index (χ4v) is 3.11. The van der Waals surface area contributed by atoms with Crippen molar-refractivity contribution in [3.05, 3.63) is 41.0 Å². The van der Waals surface area contributed by atoms with E-state index in [4.69, 9.17) is 14.5 Å². The summed E-state index contributed by atoms with van der Waals surface area (Å²) in [5, 5.41) is 21.9. The number of hydrogen-bond acceptors (Lipinski definition) is 8. The van der Waals surface area contributed by atoms with Gasteiger partial charge in [0, 0.05) is 12.0 Å². The van der Waals surface area contributed by atoms with Crippen molar-refractivity contribution >= 4 is 21.7 Å². The van der Waals surface area contributed by atoms with Gasteiger partial charge in [0.25, 0.3) is 10.2 Å². The van der Waals surface area contributed by atoms with Crippen LogP contribution in [0.3, 0.4) is 0 Å². The average molecular weight is 428 g/mol. The summed E-state index contributed by atoms with van der Waals surface area (Å²) in [5.74, 6) is -0.418. The van der Waals surface area contributed by atoms with Crippen LogP contribution in [0, 0.1) is 18.2 Å². The first-order valence-electron chi connectivity index (χ1n) is 8.63. The number of nitrogens with one attached hydrogen (secondary N) is 2. The van der Waals surface area contributed by atoms with E-state index < -0.39 is 10.2 Å². The largest absolute Gasteiger partial charge is 0.374 e. The smallest absolute Gasteiger partial charge is 0.274 e. The predicted octanol–water partition coefficient (Wildman–Crippen LogP) is 0.664. The number of hydrogen-bond donors (Lipinski definition) is 4. The van der Waals surface area contributed by atoms with Gasteiger partial charge >= 0.3 is 0 Å². The molecule has 0 aliphatic heterocycles. The number of nitrogens with zero attached hydrogens (tertiary/aromatic N) is 3. The summed E-state index contributed by atoms with van der Waals surface area (Å²) >= 11 is 0. The molecule has 0 saturated heterocycles. The standard InChI is InChI=1S/C16H21FN6O5S/c1-10-6-11(2-3-12(10)17)20-15(21-24)14-13(22-28-23-14)7-27-9-16(4-5-16)8-19-29(18,25)26/h2-3,6,19,24H,4-5,7-9H2,1H3,(H,20,21)(H2,18,25,26). The molecule has 13 heteroatoms. The van der Waals surface area contributed by atoms with Crippen LogP contribution in [-0.4, -0.2) is 42.9 Å². The van der Waals surface area contributed by atoms with E-state index >= 15 is 0 Å². The van der Waals surface area contributed by atoms with Crippen molar-refractivity contribution in [2.75, 3.05) is 13.2 Å². The summed E-state index contributed by atoms with van der Waals surface area (Å²) in [7, 11) is -3.76. The maximum absolute atomic E-state index is 13.4. The van der Waals surface area contributed by atoms with Crippen LogP contribution in [0.5, 0.6) is 0 Å². The van der Waals surface area contributed by atoms with E-state index in [1.54, 1.807) is 6.92 Å². The first kappa shape index (κ1) is 21.3. The van der Waals surface area contributed by atoms with Gasteiger partial charge < -0.3 is 4.74 Å². The van der Waals surface area contributed by atoms with Gasteiger partial charge in [0.2, 0.25) is 0 Å². The molecule has 3 rings (SSSR count). The lowest BCUT2D eigenvalue weighted by atomic mass is 10.1. The van der Waals surface area contributed by atoms with E-state index in [1.807, 2.05) is 5.48 Å². The molecule has 0 bridgehead atoms. The van der Waals surface area contributed by atoms with Crippen molar-refractivity contribution in [3.63, 3.8) is 0 Å². The van der Waals surface area contributed by atoms with Crippen LogP contribution in [0.25, 0.3) is 0 Å². The highest BCUT2D eigenvalue weighted by Gasteiger charge is 2.43. The molecule has 0 unspecified atom stereocenters. The zero-order valence-corrected chi connectivity index (χ0v) is 16.4. The number of amidine groups is 1. The maximum atomic E-state index is 13.4. The minimum atomic E-state index is -3.76. The Labute approximate surface area is 166 Å². The first-order valence-corrected chi connectivity index (χ1v) is 10.2. The quantitative estimate of drug-likeness (QED) is 0.257. The van der Waals surface area contributed by atoms with Crippen LogP contribution in [0.4, 0.5) is 10.1 Å². The van der Waals surface area contributed by atoms with Crippen molar-refractivity contribution in [1.29, 1.82) is 0 Å². The topological polar surface area (TPSA) is 165 Å². The fraction of sp³-hybridized carbons (Fsp3) is 0.438. The highest BCUT2D eigenvalue weighted by atomic mass is 32.2. The molecule has 0 amide bonds. The molecule has 2 aromatic rings. The number of ether oxygens (including phenoxy) is 1. The second-order valence-electron chi connectivity index (χ2n) is 6.92. The third-order valence-electron chi connectivity index (χ3n) is 4.52. The Morgan fingerprint density at radius 1 is 1.45 bits per heavy atom. The Kier molecular flexibility index (Phi) is 6.24. The van der Waals surface area contributed by atoms with Crippen molar-refractivity contribution in [2.45, 2.75) is 26.4 Å². The molecule has 5 N–H and O–H groups in total. The van der Waals surface area contributed by atoms with Crippen LogP contribution in [0.2, 0.25) is 0 Å². The van der Waals surface area contributed by atoms with Gasteiger partial charge in [0.15, 0.2) is 11.5 Å². The molecule has 1 aliphatic rings. The van der Waals surface area contributed by atoms with Crippen LogP contribution in [0.1, 0.15) is 29.8 Å². The van der Waals surface area contributed by atoms with Gasteiger partial charge in [-0.3, -0.25) is 10.7 Å². The Hall–Kier alpha value is -2.45. The highest BCUT2D eigenvalue weighted by Crippen LogP contribution is 2.45. The van der Waals surface area contributed by atoms with Gasteiger partial charge in [-0.25, -0.2) is 23.9 Å². The molecule has 1 aliphatic carbocycles. The van der Waals surface area contributed by atoms with Crippen molar-refractivity contribution in [3.8, 4) is 0 Å². The highest BCUT2D eigenvalue weighted by molar-refractivity contribution is 7.87. The molecule has 1 aromatic heterocycles. The Morgan fingerprint density at radius 3 is 2.83 bits per heavy atom. The molecule has 11 nitrogen and oxygen atoms in total. The van der Waals surface area contributed by atoms with Gasteiger partial charge in [0.05, 0.1) is 18.9 Å². The van der Waals surface area contributed by atoms with E-state index in [9.17, 15) is 18.0 Å². The molecule has 0 spiro atoms. The third-order valence-corrected chi connectivity index (χ3v) is 5.07. The Morgan fingerprint density at radius 2 is 2.21 bits per heavy atom. The summed E-state index contributed by atoms with van der Waals surface area (Å²) in [6, 6.07) is 4.21. The van der Waals surface area contributed by atoms with E-state index in [0.717, 1.165) is 12.8 Å². The van der Waals surface area contributed by atoms with E-state index in [-0.39, 0.29) is 48.2 Å². The van der Waals surface area contributed by atoms with Crippen LogP contribution in [0.15, 0.2) is 27.8 Å². The fourth-order valence-electron chi connectivity index (χ4n) is 2.61. The molecular formula is C16H21FN6O5S. The minimum absolute atomic E-state index is 0.000889. The average Bonchev–Trinajstić information content (AvgIpc) is 3.29. The van der Waals surface area contributed by atoms with Crippen LogP contribution in [-0.2, 0) is 21.6 Å². The van der Waals surface area contributed by atoms with Crippen LogP contribution < -0.4 is 15.3 Å². The van der Waals surface area contributed by atoms with Crippen molar-refractivity contribution in [1.82, 2.24) is 20.5 Å². The zero-order valence-electron chi connectivity index (χ0n) is 15.6. The van der Waals surface area contributed by atoms with E-state index in [2.05, 4.69) is 20.0 Å². The summed E-state index contributed by atoms with van der Waals surface area (Å²) in [6.45, 7) is 2.05. The molecule has 1 heterocycles. The van der Waals surface area contributed by atoms with Crippen molar-refractivity contribution < 1.29 is 27.4 Å². The van der Waals surface area contributed by atoms with Crippen LogP contribution >= 0.6 is 0 Å². The third kappa shape index (κ3) is 5.77. The van der Waals surface area contributed by atoms with Gasteiger partial charge in [0.1, 0.15) is 11.5 Å². The summed E-state index contributed by atoms with van der Waals surface area (Å²) in [4.78, 5) is 4.19. The number of benzene rings is 1. The van der Waals surface area contributed by atoms with Gasteiger partial charge in [-0.15, -0.1) is 0 Å². The van der Waals surface area contributed by atoms with Gasteiger partial charge in [-0.2, -0.15) is 8.42 Å². The lowest BCUT2D eigenvalue weighted by Gasteiger charge is -2.15. The summed E-state index contributed by atoms with van der Waals surface area (Å²) in [5.41, 5.74) is 2.82. The number of hydroxylamine groups is 1. The summed E-state index contributed by atoms with van der Waals surface area (Å²) in [6.07, 6.45) is 1.60. The van der Waals surface area contributed by atoms with Gasteiger partial charge in [-0.05, 0) is 48.7 Å². The lowest BCUT2D eigenvalue weighted by molar-refractivity contribution is 0.0755. The SMILES string of the molecule is Cc1cc(N=C(NO)c2nonc2COCC2(CNS(N)(=O)=O)CC2)ccc1F.